The summed E-state index contributed by atoms with van der Waals surface area (Å²) < 4.78 is 16.6. The molecular formula is C31H34N2O7S. The van der Waals surface area contributed by atoms with E-state index in [1.807, 2.05) is 6.92 Å². The second kappa shape index (κ2) is 13.5. The summed E-state index contributed by atoms with van der Waals surface area (Å²) in [6.07, 6.45) is 2.72. The van der Waals surface area contributed by atoms with Gasteiger partial charge in [0.25, 0.3) is 5.78 Å². The average Bonchev–Trinajstić information content (AvgIpc) is 3.48. The molecule has 0 spiro atoms. The number of benzene rings is 2. The van der Waals surface area contributed by atoms with Gasteiger partial charge in [0, 0.05) is 5.56 Å². The van der Waals surface area contributed by atoms with Crippen molar-refractivity contribution in [1.82, 2.24) is 4.98 Å². The number of thiazole rings is 1. The number of amides is 1. The Morgan fingerprint density at radius 1 is 1.00 bits per heavy atom. The van der Waals surface area contributed by atoms with E-state index in [4.69, 9.17) is 14.2 Å². The van der Waals surface area contributed by atoms with Gasteiger partial charge in [-0.1, -0.05) is 55.9 Å². The summed E-state index contributed by atoms with van der Waals surface area (Å²) in [6, 6.07) is 12.8. The Morgan fingerprint density at radius 3 is 2.41 bits per heavy atom. The van der Waals surface area contributed by atoms with Crippen molar-refractivity contribution in [2.45, 2.75) is 53.0 Å². The molecular weight excluding hydrogens is 544 g/mol. The number of unbranched alkanes of at least 4 members (excludes halogenated alkanes) is 1. The molecule has 1 amide bonds. The number of aryl methyl sites for hydroxylation is 1. The maximum Gasteiger partial charge on any atom is 0.350 e. The summed E-state index contributed by atoms with van der Waals surface area (Å²) in [5, 5.41) is 11.6. The van der Waals surface area contributed by atoms with Gasteiger partial charge in [-0.25, -0.2) is 9.78 Å². The van der Waals surface area contributed by atoms with Gasteiger partial charge in [0.2, 0.25) is 0 Å². The van der Waals surface area contributed by atoms with E-state index in [0.717, 1.165) is 30.6 Å². The first kappa shape index (κ1) is 29.8. The number of nitrogens with zero attached hydrogens (tertiary/aromatic N) is 2. The Kier molecular flexibility index (Phi) is 9.78. The monoisotopic (exact) mass is 578 g/mol. The van der Waals surface area contributed by atoms with Crippen LogP contribution in [0, 0.1) is 6.92 Å². The van der Waals surface area contributed by atoms with Gasteiger partial charge in [0.1, 0.15) is 22.1 Å². The Labute approximate surface area is 243 Å². The molecule has 1 aliphatic heterocycles. The Balaban J connectivity index is 1.83. The van der Waals surface area contributed by atoms with Crippen molar-refractivity contribution in [2.75, 3.05) is 24.7 Å². The minimum absolute atomic E-state index is 0.0900. The molecule has 9 nitrogen and oxygen atoms in total. The lowest BCUT2D eigenvalue weighted by Gasteiger charge is -2.23. The first-order valence-electron chi connectivity index (χ1n) is 13.7. The van der Waals surface area contributed by atoms with Gasteiger partial charge in [0.15, 0.2) is 5.13 Å². The van der Waals surface area contributed by atoms with Crippen LogP contribution >= 0.6 is 11.3 Å². The van der Waals surface area contributed by atoms with Crippen LogP contribution in [0.2, 0.25) is 0 Å². The van der Waals surface area contributed by atoms with Crippen molar-refractivity contribution in [1.29, 1.82) is 0 Å². The van der Waals surface area contributed by atoms with Gasteiger partial charge in [-0.15, -0.1) is 0 Å². The maximum absolute atomic E-state index is 13.5. The van der Waals surface area contributed by atoms with Crippen LogP contribution in [0.4, 0.5) is 5.13 Å². The van der Waals surface area contributed by atoms with Crippen LogP contribution in [0.5, 0.6) is 11.5 Å². The standard InChI is InChI=1S/C31H34N2O7S/c1-5-8-17-40-22-14-12-20(13-15-22)25-24(26(34)21-10-9-11-23(18-21)39-16-6-2)27(35)29(36)33(25)31-32-19(4)28(41-31)30(37)38-7-3/h9-15,18,25,34H,5-8,16-17H2,1-4H3. The molecule has 1 N–H and O–H groups in total. The fraction of sp³-hybridized carbons (Fsp3) is 0.355. The number of esters is 1. The molecule has 1 atom stereocenters. The zero-order valence-electron chi connectivity index (χ0n) is 23.6. The zero-order valence-corrected chi connectivity index (χ0v) is 24.5. The number of ether oxygens (including phenoxy) is 3. The third-order valence-electron chi connectivity index (χ3n) is 6.44. The highest BCUT2D eigenvalue weighted by Crippen LogP contribution is 2.44. The number of aliphatic hydroxyl groups excluding tert-OH is 1. The third kappa shape index (κ3) is 6.43. The van der Waals surface area contributed by atoms with Crippen molar-refractivity contribution in [3.8, 4) is 11.5 Å². The fourth-order valence-corrected chi connectivity index (χ4v) is 5.39. The smallest absolute Gasteiger partial charge is 0.350 e. The van der Waals surface area contributed by atoms with Gasteiger partial charge >= 0.3 is 11.9 Å². The lowest BCUT2D eigenvalue weighted by atomic mass is 9.95. The second-order valence-corrected chi connectivity index (χ2v) is 10.4. The Hall–Kier alpha value is -4.18. The highest BCUT2D eigenvalue weighted by molar-refractivity contribution is 7.17. The predicted molar refractivity (Wildman–Crippen MR) is 157 cm³/mol. The van der Waals surface area contributed by atoms with E-state index >= 15 is 0 Å². The summed E-state index contributed by atoms with van der Waals surface area (Å²) in [4.78, 5) is 45.5. The molecule has 0 radical (unpaired) electrons. The Morgan fingerprint density at radius 2 is 1.73 bits per heavy atom. The van der Waals surface area contributed by atoms with Crippen molar-refractivity contribution < 1.29 is 33.7 Å². The van der Waals surface area contributed by atoms with Gasteiger partial charge in [-0.05, 0) is 56.5 Å². The van der Waals surface area contributed by atoms with E-state index in [-0.39, 0.29) is 27.9 Å². The lowest BCUT2D eigenvalue weighted by molar-refractivity contribution is -0.132. The topological polar surface area (TPSA) is 115 Å². The average molecular weight is 579 g/mol. The molecule has 0 aliphatic carbocycles. The predicted octanol–water partition coefficient (Wildman–Crippen LogP) is 6.22. The third-order valence-corrected chi connectivity index (χ3v) is 7.58. The van der Waals surface area contributed by atoms with E-state index in [0.29, 0.717) is 41.5 Å². The molecule has 216 valence electrons. The zero-order chi connectivity index (χ0) is 29.5. The van der Waals surface area contributed by atoms with Crippen LogP contribution in [-0.4, -0.2) is 47.6 Å². The van der Waals surface area contributed by atoms with Crippen molar-refractivity contribution in [2.24, 2.45) is 0 Å². The van der Waals surface area contributed by atoms with Crippen molar-refractivity contribution in [3.63, 3.8) is 0 Å². The van der Waals surface area contributed by atoms with Gasteiger partial charge in [-0.2, -0.15) is 0 Å². The van der Waals surface area contributed by atoms with Gasteiger partial charge < -0.3 is 19.3 Å². The van der Waals surface area contributed by atoms with Gasteiger partial charge in [-0.3, -0.25) is 14.5 Å². The molecule has 1 unspecified atom stereocenters. The number of hydrogen-bond donors (Lipinski definition) is 1. The molecule has 1 fully saturated rings. The minimum Gasteiger partial charge on any atom is -0.507 e. The van der Waals surface area contributed by atoms with E-state index in [1.54, 1.807) is 62.4 Å². The van der Waals surface area contributed by atoms with Crippen LogP contribution < -0.4 is 14.4 Å². The number of ketones is 1. The maximum atomic E-state index is 13.5. The number of Topliss-reactive ketones (excluding diaryl/α,β-unsaturated/α-hetero) is 1. The molecule has 1 saturated heterocycles. The normalized spacial score (nSPS) is 16.2. The van der Waals surface area contributed by atoms with E-state index < -0.39 is 23.7 Å². The largest absolute Gasteiger partial charge is 0.507 e. The SMILES string of the molecule is CCCCOc1ccc(C2C(=C(O)c3cccc(OCCC)c3)C(=O)C(=O)N2c2nc(C)c(C(=O)OCC)s2)cc1. The minimum atomic E-state index is -1.000. The van der Waals surface area contributed by atoms with Crippen LogP contribution in [0.3, 0.4) is 0 Å². The van der Waals surface area contributed by atoms with Crippen LogP contribution in [0.1, 0.15) is 72.6 Å². The molecule has 4 rings (SSSR count). The highest BCUT2D eigenvalue weighted by Gasteiger charge is 2.48. The van der Waals surface area contributed by atoms with E-state index in [1.165, 1.54) is 4.90 Å². The quantitative estimate of drug-likeness (QED) is 0.0885. The number of carbonyl (C=O) groups excluding carboxylic acids is 3. The molecule has 1 aromatic heterocycles. The number of aliphatic hydroxyl groups is 1. The number of aromatic nitrogens is 1. The van der Waals surface area contributed by atoms with Gasteiger partial charge in [0.05, 0.1) is 37.1 Å². The van der Waals surface area contributed by atoms with Crippen LogP contribution in [0.25, 0.3) is 5.76 Å². The molecule has 0 bridgehead atoms. The van der Waals surface area contributed by atoms with Crippen LogP contribution in [-0.2, 0) is 14.3 Å². The summed E-state index contributed by atoms with van der Waals surface area (Å²) in [7, 11) is 0. The molecule has 10 heteroatoms. The number of rotatable bonds is 12. The summed E-state index contributed by atoms with van der Waals surface area (Å²) in [5.41, 5.74) is 1.19. The summed E-state index contributed by atoms with van der Waals surface area (Å²) in [6.45, 7) is 8.65. The second-order valence-electron chi connectivity index (χ2n) is 9.45. The molecule has 41 heavy (non-hydrogen) atoms. The lowest BCUT2D eigenvalue weighted by Crippen LogP contribution is -2.29. The fourth-order valence-electron chi connectivity index (χ4n) is 4.41. The van der Waals surface area contributed by atoms with E-state index in [9.17, 15) is 19.5 Å². The van der Waals surface area contributed by atoms with Crippen molar-refractivity contribution >= 4 is 39.9 Å². The summed E-state index contributed by atoms with van der Waals surface area (Å²) in [5.74, 6) is -1.43. The molecule has 2 aromatic carbocycles. The number of carbonyl (C=O) groups is 3. The molecule has 3 aromatic rings. The summed E-state index contributed by atoms with van der Waals surface area (Å²) >= 11 is 0.965. The molecule has 1 aliphatic rings. The highest BCUT2D eigenvalue weighted by atomic mass is 32.1. The molecule has 2 heterocycles. The first-order valence-corrected chi connectivity index (χ1v) is 14.5. The molecule has 0 saturated carbocycles. The van der Waals surface area contributed by atoms with Crippen molar-refractivity contribution in [3.05, 3.63) is 75.8 Å². The number of anilines is 1. The van der Waals surface area contributed by atoms with E-state index in [2.05, 4.69) is 11.9 Å². The number of hydrogen-bond acceptors (Lipinski definition) is 9. The van der Waals surface area contributed by atoms with Crippen LogP contribution in [0.15, 0.2) is 54.1 Å². The first-order chi connectivity index (χ1) is 19.8. The Bertz CT molecular complexity index is 1440.